The molecule has 1 aromatic heterocycles. The number of anilines is 1. The van der Waals surface area contributed by atoms with Gasteiger partial charge in [-0.25, -0.2) is 4.98 Å². The van der Waals surface area contributed by atoms with E-state index >= 15 is 0 Å². The first-order valence-electron chi connectivity index (χ1n) is 8.94. The lowest BCUT2D eigenvalue weighted by atomic mass is 10.1. The lowest BCUT2D eigenvalue weighted by Gasteiger charge is -2.14. The molecule has 0 fully saturated rings. The number of imidazole rings is 1. The molecule has 0 aliphatic heterocycles. The molecule has 0 aliphatic carbocycles. The number of nitrogens with one attached hydrogen (secondary N) is 1. The Hall–Kier alpha value is -3.07. The second-order valence-corrected chi connectivity index (χ2v) is 7.41. The third-order valence-corrected chi connectivity index (χ3v) is 5.10. The number of amides is 1. The number of halogens is 3. The molecule has 156 valence electrons. The van der Waals surface area contributed by atoms with E-state index < -0.39 is 18.6 Å². The first-order chi connectivity index (χ1) is 14.2. The van der Waals surface area contributed by atoms with Crippen LogP contribution in [0.3, 0.4) is 0 Å². The highest BCUT2D eigenvalue weighted by atomic mass is 32.2. The van der Waals surface area contributed by atoms with E-state index in [1.165, 1.54) is 13.1 Å². The first kappa shape index (κ1) is 21.6. The Balaban J connectivity index is 1.74. The average molecular weight is 433 g/mol. The van der Waals surface area contributed by atoms with Crippen molar-refractivity contribution in [1.82, 2.24) is 9.55 Å². The predicted molar refractivity (Wildman–Crippen MR) is 110 cm³/mol. The maximum Gasteiger partial charge on any atom is 0.406 e. The molecular weight excluding hydrogens is 415 g/mol. The zero-order valence-corrected chi connectivity index (χ0v) is 16.8. The fourth-order valence-corrected chi connectivity index (χ4v) is 3.57. The zero-order valence-electron chi connectivity index (χ0n) is 15.9. The summed E-state index contributed by atoms with van der Waals surface area (Å²) < 4.78 is 40.4. The minimum absolute atomic E-state index is 0.0961. The van der Waals surface area contributed by atoms with Gasteiger partial charge in [-0.15, -0.1) is 0 Å². The van der Waals surface area contributed by atoms with Crippen molar-refractivity contribution in [3.63, 3.8) is 0 Å². The largest absolute Gasteiger partial charge is 0.406 e. The van der Waals surface area contributed by atoms with Gasteiger partial charge < -0.3 is 9.88 Å². The lowest BCUT2D eigenvalue weighted by molar-refractivity contribution is -0.141. The molecule has 0 saturated heterocycles. The fraction of sp³-hybridized carbons (Fsp3) is 0.190. The number of hydrogen-bond donors (Lipinski definition) is 1. The van der Waals surface area contributed by atoms with Crippen LogP contribution in [0, 0.1) is 0 Å². The van der Waals surface area contributed by atoms with Crippen LogP contribution in [-0.2, 0) is 11.3 Å². The van der Waals surface area contributed by atoms with E-state index in [-0.39, 0.29) is 16.7 Å². The normalized spacial score (nSPS) is 11.3. The van der Waals surface area contributed by atoms with Crippen molar-refractivity contribution in [3.05, 3.63) is 66.4 Å². The molecule has 30 heavy (non-hydrogen) atoms. The van der Waals surface area contributed by atoms with E-state index in [9.17, 15) is 22.8 Å². The molecule has 1 amide bonds. The molecule has 0 atom stereocenters. The van der Waals surface area contributed by atoms with E-state index in [0.717, 1.165) is 16.3 Å². The first-order valence-corrected chi connectivity index (χ1v) is 9.93. The monoisotopic (exact) mass is 433 g/mol. The number of thioether (sulfide) groups is 1. The van der Waals surface area contributed by atoms with Crippen LogP contribution >= 0.6 is 11.8 Å². The molecule has 9 heteroatoms. The van der Waals surface area contributed by atoms with Crippen LogP contribution in [0.4, 0.5) is 18.9 Å². The molecule has 0 spiro atoms. The second-order valence-electron chi connectivity index (χ2n) is 6.47. The van der Waals surface area contributed by atoms with Crippen LogP contribution in [0.2, 0.25) is 0 Å². The molecule has 0 aliphatic rings. The van der Waals surface area contributed by atoms with E-state index in [1.807, 2.05) is 0 Å². The fourth-order valence-electron chi connectivity index (χ4n) is 2.79. The molecule has 3 rings (SSSR count). The Bertz CT molecular complexity index is 1050. The number of hydrogen-bond acceptors (Lipinski definition) is 4. The van der Waals surface area contributed by atoms with Crippen molar-refractivity contribution in [3.8, 4) is 11.3 Å². The van der Waals surface area contributed by atoms with Gasteiger partial charge in [-0.3, -0.25) is 9.59 Å². The van der Waals surface area contributed by atoms with Crippen LogP contribution in [0.15, 0.2) is 66.0 Å². The molecule has 0 saturated carbocycles. The van der Waals surface area contributed by atoms with Gasteiger partial charge in [-0.2, -0.15) is 13.2 Å². The second kappa shape index (κ2) is 9.17. The number of alkyl halides is 3. The van der Waals surface area contributed by atoms with Crippen molar-refractivity contribution in [2.24, 2.45) is 0 Å². The van der Waals surface area contributed by atoms with Crippen LogP contribution in [0.1, 0.15) is 17.3 Å². The van der Waals surface area contributed by atoms with Gasteiger partial charge in [0, 0.05) is 11.3 Å². The van der Waals surface area contributed by atoms with Crippen molar-refractivity contribution < 1.29 is 22.8 Å². The Labute approximate surface area is 175 Å². The van der Waals surface area contributed by atoms with Gasteiger partial charge in [0.15, 0.2) is 10.9 Å². The number of nitrogens with zero attached hydrogens (tertiary/aromatic N) is 2. The van der Waals surface area contributed by atoms with Crippen molar-refractivity contribution in [1.29, 1.82) is 0 Å². The summed E-state index contributed by atoms with van der Waals surface area (Å²) in [7, 11) is 0. The van der Waals surface area contributed by atoms with E-state index in [4.69, 9.17) is 0 Å². The Morgan fingerprint density at radius 2 is 1.83 bits per heavy atom. The standard InChI is InChI=1S/C21H18F3N3O2S/c1-14(28)16-8-5-9-17(10-16)26-19(29)12-30-20-25-11-18(15-6-3-2-4-7-15)27(20)13-21(22,23)24/h2-11H,12-13H2,1H3,(H,26,29). The summed E-state index contributed by atoms with van der Waals surface area (Å²) in [6.45, 7) is 0.212. The van der Waals surface area contributed by atoms with Gasteiger partial charge in [-0.1, -0.05) is 54.2 Å². The van der Waals surface area contributed by atoms with E-state index in [1.54, 1.807) is 54.6 Å². The van der Waals surface area contributed by atoms with Gasteiger partial charge in [0.2, 0.25) is 5.91 Å². The maximum atomic E-state index is 13.1. The minimum Gasteiger partial charge on any atom is -0.325 e. The SMILES string of the molecule is CC(=O)c1cccc(NC(=O)CSc2ncc(-c3ccccc3)n2CC(F)(F)F)c1. The van der Waals surface area contributed by atoms with Crippen LogP contribution < -0.4 is 5.32 Å². The molecular formula is C21H18F3N3O2S. The van der Waals surface area contributed by atoms with Gasteiger partial charge in [0.25, 0.3) is 0 Å². The summed E-state index contributed by atoms with van der Waals surface area (Å²) in [5, 5.41) is 2.74. The number of carbonyl (C=O) groups is 2. The quantitative estimate of drug-likeness (QED) is 0.419. The molecule has 0 bridgehead atoms. The van der Waals surface area contributed by atoms with E-state index in [0.29, 0.717) is 22.5 Å². The molecule has 1 heterocycles. The summed E-state index contributed by atoms with van der Waals surface area (Å²) >= 11 is 0.914. The maximum absolute atomic E-state index is 13.1. The number of Topliss-reactive ketones (excluding diaryl/α,β-unsaturated/α-hetero) is 1. The number of ketones is 1. The predicted octanol–water partition coefficient (Wildman–Crippen LogP) is 5.05. The Morgan fingerprint density at radius 3 is 2.50 bits per heavy atom. The number of aromatic nitrogens is 2. The molecule has 5 nitrogen and oxygen atoms in total. The van der Waals surface area contributed by atoms with Crippen molar-refractivity contribution >= 4 is 29.1 Å². The number of carbonyl (C=O) groups excluding carboxylic acids is 2. The van der Waals surface area contributed by atoms with Crippen molar-refractivity contribution in [2.75, 3.05) is 11.1 Å². The zero-order chi connectivity index (χ0) is 21.7. The third-order valence-electron chi connectivity index (χ3n) is 4.11. The highest BCUT2D eigenvalue weighted by Gasteiger charge is 2.31. The summed E-state index contributed by atoms with van der Waals surface area (Å²) in [6.07, 6.45) is -3.06. The number of rotatable bonds is 7. The minimum atomic E-state index is -4.44. The molecule has 3 aromatic rings. The van der Waals surface area contributed by atoms with Crippen LogP contribution in [0.25, 0.3) is 11.3 Å². The average Bonchev–Trinajstić information content (AvgIpc) is 3.08. The summed E-state index contributed by atoms with van der Waals surface area (Å²) in [5.41, 5.74) is 1.82. The Kier molecular flexibility index (Phi) is 6.61. The van der Waals surface area contributed by atoms with Gasteiger partial charge in [0.1, 0.15) is 6.54 Å². The van der Waals surface area contributed by atoms with Gasteiger partial charge >= 0.3 is 6.18 Å². The topological polar surface area (TPSA) is 64.0 Å². The van der Waals surface area contributed by atoms with Crippen molar-refractivity contribution in [2.45, 2.75) is 24.8 Å². The summed E-state index contributed by atoms with van der Waals surface area (Å²) in [6, 6.07) is 15.1. The third kappa shape index (κ3) is 5.73. The molecule has 2 aromatic carbocycles. The summed E-state index contributed by atoms with van der Waals surface area (Å²) in [4.78, 5) is 27.8. The highest BCUT2D eigenvalue weighted by molar-refractivity contribution is 7.99. The van der Waals surface area contributed by atoms with E-state index in [2.05, 4.69) is 10.3 Å². The molecule has 1 N–H and O–H groups in total. The highest BCUT2D eigenvalue weighted by Crippen LogP contribution is 2.30. The smallest absolute Gasteiger partial charge is 0.325 e. The lowest BCUT2D eigenvalue weighted by Crippen LogP contribution is -2.20. The van der Waals surface area contributed by atoms with Crippen LogP contribution in [0.5, 0.6) is 0 Å². The number of benzene rings is 2. The Morgan fingerprint density at radius 1 is 1.10 bits per heavy atom. The molecule has 0 unspecified atom stereocenters. The van der Waals surface area contributed by atoms with Gasteiger partial charge in [0.05, 0.1) is 17.6 Å². The summed E-state index contributed by atoms with van der Waals surface area (Å²) in [5.74, 6) is -0.681. The van der Waals surface area contributed by atoms with Crippen LogP contribution in [-0.4, -0.2) is 33.2 Å². The van der Waals surface area contributed by atoms with Gasteiger partial charge in [-0.05, 0) is 24.6 Å². The molecule has 0 radical (unpaired) electrons.